The zero-order valence-corrected chi connectivity index (χ0v) is 13.2. The lowest BCUT2D eigenvalue weighted by Crippen LogP contribution is -2.13. The second-order valence-electron chi connectivity index (χ2n) is 4.03. The minimum Gasteiger partial charge on any atom is -0.508 e. The van der Waals surface area contributed by atoms with Gasteiger partial charge in [-0.3, -0.25) is 10.1 Å². The molecule has 1 amide bonds. The van der Waals surface area contributed by atoms with Crippen molar-refractivity contribution < 1.29 is 9.90 Å². The lowest BCUT2D eigenvalue weighted by Gasteiger charge is -2.00. The highest BCUT2D eigenvalue weighted by Crippen LogP contribution is 2.20. The number of anilines is 1. The summed E-state index contributed by atoms with van der Waals surface area (Å²) in [5.41, 5.74) is 0.592. The molecule has 0 saturated carbocycles. The summed E-state index contributed by atoms with van der Waals surface area (Å²) in [7, 11) is 0. The molecule has 6 nitrogen and oxygen atoms in total. The molecule has 0 bridgehead atoms. The fourth-order valence-corrected chi connectivity index (χ4v) is 2.76. The number of aromatic hydroxyl groups is 1. The molecule has 22 heavy (non-hydrogen) atoms. The van der Waals surface area contributed by atoms with Gasteiger partial charge in [0.1, 0.15) is 17.4 Å². The molecule has 1 aromatic heterocycles. The Labute approximate surface area is 135 Å². The molecule has 8 heteroatoms. The van der Waals surface area contributed by atoms with E-state index in [1.54, 1.807) is 12.1 Å². The number of phenolic OH excluding ortho intramolecular Hbond substituents is 1. The topological polar surface area (TPSA) is 98.9 Å². The van der Waals surface area contributed by atoms with Crippen LogP contribution in [0.25, 0.3) is 6.08 Å². The van der Waals surface area contributed by atoms with Crippen molar-refractivity contribution >= 4 is 40.4 Å². The van der Waals surface area contributed by atoms with Crippen LogP contribution in [0.1, 0.15) is 12.5 Å². The standard InChI is InChI=1S/C14H12N4O2S2/c1-2-21-14-17-13(22-18-14)16-12(20)10(8-15)7-9-3-5-11(19)6-4-9/h3-7,19H,2H2,1H3,(H,16,17,18,20). The number of amides is 1. The molecule has 0 fully saturated rings. The maximum absolute atomic E-state index is 12.1. The van der Waals surface area contributed by atoms with Gasteiger partial charge in [0.05, 0.1) is 0 Å². The van der Waals surface area contributed by atoms with Gasteiger partial charge in [-0.15, -0.1) is 0 Å². The van der Waals surface area contributed by atoms with E-state index in [-0.39, 0.29) is 11.3 Å². The van der Waals surface area contributed by atoms with Crippen molar-refractivity contribution in [2.45, 2.75) is 12.1 Å². The molecule has 1 heterocycles. The van der Waals surface area contributed by atoms with Gasteiger partial charge in [0, 0.05) is 11.5 Å². The van der Waals surface area contributed by atoms with Gasteiger partial charge in [-0.2, -0.15) is 14.6 Å². The predicted molar refractivity (Wildman–Crippen MR) is 86.6 cm³/mol. The fraction of sp³-hybridized carbons (Fsp3) is 0.143. The third-order valence-corrected chi connectivity index (χ3v) is 3.95. The quantitative estimate of drug-likeness (QED) is 0.496. The number of phenols is 1. The zero-order valence-electron chi connectivity index (χ0n) is 11.6. The lowest BCUT2D eigenvalue weighted by atomic mass is 10.1. The molecule has 1 aromatic carbocycles. The minimum atomic E-state index is -0.542. The number of nitriles is 1. The average molecular weight is 332 g/mol. The Morgan fingerprint density at radius 1 is 1.50 bits per heavy atom. The first-order valence-electron chi connectivity index (χ1n) is 6.31. The normalized spacial score (nSPS) is 11.0. The van der Waals surface area contributed by atoms with Crippen molar-refractivity contribution in [1.29, 1.82) is 5.26 Å². The van der Waals surface area contributed by atoms with E-state index in [2.05, 4.69) is 14.7 Å². The van der Waals surface area contributed by atoms with Gasteiger partial charge in [-0.1, -0.05) is 30.8 Å². The molecule has 2 rings (SSSR count). The monoisotopic (exact) mass is 332 g/mol. The Hall–Kier alpha value is -2.37. The zero-order chi connectivity index (χ0) is 15.9. The van der Waals surface area contributed by atoms with E-state index < -0.39 is 5.91 Å². The van der Waals surface area contributed by atoms with Crippen LogP contribution in [0.4, 0.5) is 5.13 Å². The smallest absolute Gasteiger partial charge is 0.268 e. The number of benzene rings is 1. The number of thioether (sulfide) groups is 1. The number of hydrogen-bond acceptors (Lipinski definition) is 7. The molecular formula is C14H12N4O2S2. The van der Waals surface area contributed by atoms with Crippen molar-refractivity contribution in [2.75, 3.05) is 11.1 Å². The van der Waals surface area contributed by atoms with Crippen molar-refractivity contribution in [1.82, 2.24) is 9.36 Å². The molecule has 112 valence electrons. The van der Waals surface area contributed by atoms with E-state index in [4.69, 9.17) is 5.26 Å². The molecule has 0 aliphatic rings. The van der Waals surface area contributed by atoms with Crippen molar-refractivity contribution in [3.8, 4) is 11.8 Å². The van der Waals surface area contributed by atoms with E-state index in [0.29, 0.717) is 15.9 Å². The summed E-state index contributed by atoms with van der Waals surface area (Å²) < 4.78 is 4.09. The summed E-state index contributed by atoms with van der Waals surface area (Å²) in [4.78, 5) is 16.2. The molecule has 0 atom stereocenters. The number of carbonyl (C=O) groups excluding carboxylic acids is 1. The molecular weight excluding hydrogens is 320 g/mol. The van der Waals surface area contributed by atoms with Crippen LogP contribution in [0.15, 0.2) is 35.0 Å². The van der Waals surface area contributed by atoms with Crippen LogP contribution >= 0.6 is 23.3 Å². The Balaban J connectivity index is 2.11. The summed E-state index contributed by atoms with van der Waals surface area (Å²) in [5.74, 6) is 0.420. The van der Waals surface area contributed by atoms with Gasteiger partial charge in [0.2, 0.25) is 10.3 Å². The summed E-state index contributed by atoms with van der Waals surface area (Å²) in [5, 5.41) is 21.8. The molecule has 0 aliphatic heterocycles. The Morgan fingerprint density at radius 3 is 2.86 bits per heavy atom. The first-order valence-corrected chi connectivity index (χ1v) is 8.07. The third-order valence-electron chi connectivity index (χ3n) is 2.47. The Morgan fingerprint density at radius 2 is 2.23 bits per heavy atom. The van der Waals surface area contributed by atoms with Gasteiger partial charge in [0.25, 0.3) is 5.91 Å². The highest BCUT2D eigenvalue weighted by molar-refractivity contribution is 7.99. The average Bonchev–Trinajstić information content (AvgIpc) is 2.94. The lowest BCUT2D eigenvalue weighted by molar-refractivity contribution is -0.112. The van der Waals surface area contributed by atoms with Crippen LogP contribution in [0.5, 0.6) is 5.75 Å². The highest BCUT2D eigenvalue weighted by atomic mass is 32.2. The van der Waals surface area contributed by atoms with Gasteiger partial charge < -0.3 is 5.11 Å². The van der Waals surface area contributed by atoms with Crippen LogP contribution in [-0.4, -0.2) is 26.1 Å². The van der Waals surface area contributed by atoms with Crippen molar-refractivity contribution in [3.05, 3.63) is 35.4 Å². The molecule has 0 radical (unpaired) electrons. The fourth-order valence-electron chi connectivity index (χ4n) is 1.50. The molecule has 0 saturated heterocycles. The maximum Gasteiger partial charge on any atom is 0.268 e. The molecule has 2 N–H and O–H groups in total. The van der Waals surface area contributed by atoms with E-state index in [1.807, 2.05) is 13.0 Å². The number of nitrogens with one attached hydrogen (secondary N) is 1. The van der Waals surface area contributed by atoms with Crippen LogP contribution in [0, 0.1) is 11.3 Å². The van der Waals surface area contributed by atoms with E-state index in [1.165, 1.54) is 30.0 Å². The van der Waals surface area contributed by atoms with E-state index >= 15 is 0 Å². The first-order chi connectivity index (χ1) is 10.6. The van der Waals surface area contributed by atoms with Gasteiger partial charge in [0.15, 0.2) is 0 Å². The number of hydrogen-bond donors (Lipinski definition) is 2. The first kappa shape index (κ1) is 16.0. The second kappa shape index (κ2) is 7.59. The maximum atomic E-state index is 12.1. The number of rotatable bonds is 5. The minimum absolute atomic E-state index is 0.0504. The largest absolute Gasteiger partial charge is 0.508 e. The van der Waals surface area contributed by atoms with Crippen LogP contribution in [0.2, 0.25) is 0 Å². The van der Waals surface area contributed by atoms with E-state index in [0.717, 1.165) is 17.3 Å². The van der Waals surface area contributed by atoms with Gasteiger partial charge in [-0.05, 0) is 29.5 Å². The number of carbonyl (C=O) groups is 1. The SMILES string of the molecule is CCSc1nsc(NC(=O)C(C#N)=Cc2ccc(O)cc2)n1. The van der Waals surface area contributed by atoms with Crippen molar-refractivity contribution in [2.24, 2.45) is 0 Å². The van der Waals surface area contributed by atoms with Gasteiger partial charge >= 0.3 is 0 Å². The summed E-state index contributed by atoms with van der Waals surface area (Å²) >= 11 is 2.55. The molecule has 0 aliphatic carbocycles. The van der Waals surface area contributed by atoms with E-state index in [9.17, 15) is 9.90 Å². The molecule has 0 spiro atoms. The Kier molecular flexibility index (Phi) is 5.52. The summed E-state index contributed by atoms with van der Waals surface area (Å²) in [6, 6.07) is 8.05. The second-order valence-corrected chi connectivity index (χ2v) is 6.01. The molecule has 0 unspecified atom stereocenters. The summed E-state index contributed by atoms with van der Waals surface area (Å²) in [6.45, 7) is 1.98. The van der Waals surface area contributed by atoms with Crippen LogP contribution < -0.4 is 5.32 Å². The van der Waals surface area contributed by atoms with Crippen LogP contribution in [0.3, 0.4) is 0 Å². The Bertz CT molecular complexity index is 732. The summed E-state index contributed by atoms with van der Waals surface area (Å²) in [6.07, 6.45) is 1.44. The van der Waals surface area contributed by atoms with Crippen LogP contribution in [-0.2, 0) is 4.79 Å². The molecule has 2 aromatic rings. The third kappa shape index (κ3) is 4.31. The number of nitrogens with zero attached hydrogens (tertiary/aromatic N) is 3. The van der Waals surface area contributed by atoms with Crippen molar-refractivity contribution in [3.63, 3.8) is 0 Å². The number of aromatic nitrogens is 2. The van der Waals surface area contributed by atoms with Gasteiger partial charge in [-0.25, -0.2) is 0 Å². The predicted octanol–water partition coefficient (Wildman–Crippen LogP) is 2.90. The highest BCUT2D eigenvalue weighted by Gasteiger charge is 2.12.